The molecular formula is C14H13BrO2. The van der Waals surface area contributed by atoms with E-state index in [2.05, 4.69) is 15.9 Å². The number of ether oxygens (including phenoxy) is 1. The number of hydrogen-bond donors (Lipinski definition) is 1. The summed E-state index contributed by atoms with van der Waals surface area (Å²) in [5, 5.41) is 9.53. The first-order valence-electron chi connectivity index (χ1n) is 5.32. The molecule has 17 heavy (non-hydrogen) atoms. The van der Waals surface area contributed by atoms with Gasteiger partial charge in [-0.2, -0.15) is 0 Å². The van der Waals surface area contributed by atoms with Crippen molar-refractivity contribution in [3.63, 3.8) is 0 Å². The Morgan fingerprint density at radius 1 is 1.12 bits per heavy atom. The van der Waals surface area contributed by atoms with E-state index in [1.165, 1.54) is 5.56 Å². The van der Waals surface area contributed by atoms with Crippen LogP contribution in [0, 0.1) is 6.92 Å². The van der Waals surface area contributed by atoms with Gasteiger partial charge in [0.2, 0.25) is 0 Å². The van der Waals surface area contributed by atoms with Crippen LogP contribution >= 0.6 is 15.9 Å². The van der Waals surface area contributed by atoms with Gasteiger partial charge in [0.15, 0.2) is 0 Å². The molecule has 1 N–H and O–H groups in total. The number of halogens is 1. The van der Waals surface area contributed by atoms with Crippen molar-refractivity contribution in [2.24, 2.45) is 0 Å². The van der Waals surface area contributed by atoms with Crippen LogP contribution in [0.1, 0.15) is 11.1 Å². The van der Waals surface area contributed by atoms with Crippen molar-refractivity contribution in [1.82, 2.24) is 0 Å². The number of aromatic hydroxyl groups is 1. The van der Waals surface area contributed by atoms with Crippen molar-refractivity contribution in [1.29, 1.82) is 0 Å². The summed E-state index contributed by atoms with van der Waals surface area (Å²) in [6.07, 6.45) is 0. The van der Waals surface area contributed by atoms with Gasteiger partial charge in [-0.1, -0.05) is 23.8 Å². The Hall–Kier alpha value is -1.48. The molecule has 0 aliphatic rings. The maximum absolute atomic E-state index is 9.53. The number of hydrogen-bond acceptors (Lipinski definition) is 2. The van der Waals surface area contributed by atoms with E-state index in [1.54, 1.807) is 6.07 Å². The van der Waals surface area contributed by atoms with Crippen LogP contribution in [-0.4, -0.2) is 5.11 Å². The molecule has 0 unspecified atom stereocenters. The van der Waals surface area contributed by atoms with Crippen LogP contribution in [-0.2, 0) is 6.61 Å². The highest BCUT2D eigenvalue weighted by atomic mass is 79.9. The molecule has 2 rings (SSSR count). The topological polar surface area (TPSA) is 29.5 Å². The summed E-state index contributed by atoms with van der Waals surface area (Å²) in [5.41, 5.74) is 2.14. The number of phenolic OH excluding ortho intramolecular Hbond substituents is 1. The lowest BCUT2D eigenvalue weighted by molar-refractivity contribution is 0.305. The van der Waals surface area contributed by atoms with Crippen molar-refractivity contribution in [2.75, 3.05) is 0 Å². The number of phenols is 1. The van der Waals surface area contributed by atoms with Crippen molar-refractivity contribution >= 4 is 15.9 Å². The Morgan fingerprint density at radius 3 is 2.47 bits per heavy atom. The van der Waals surface area contributed by atoms with Crippen molar-refractivity contribution in [3.8, 4) is 11.5 Å². The van der Waals surface area contributed by atoms with Gasteiger partial charge in [0, 0.05) is 0 Å². The lowest BCUT2D eigenvalue weighted by atomic mass is 10.2. The largest absolute Gasteiger partial charge is 0.507 e. The number of aryl methyl sites for hydroxylation is 1. The van der Waals surface area contributed by atoms with E-state index < -0.39 is 0 Å². The highest BCUT2D eigenvalue weighted by Gasteiger charge is 2.00. The highest BCUT2D eigenvalue weighted by molar-refractivity contribution is 9.10. The standard InChI is InChI=1S/C14H13BrO2/c1-10-2-5-12(6-3-10)17-9-11-4-7-13(15)14(16)8-11/h2-8,16H,9H2,1H3. The van der Waals surface area contributed by atoms with Gasteiger partial charge < -0.3 is 9.84 Å². The molecule has 0 aliphatic heterocycles. The van der Waals surface area contributed by atoms with Crippen LogP contribution in [0.5, 0.6) is 11.5 Å². The Labute approximate surface area is 109 Å². The second kappa shape index (κ2) is 5.23. The first kappa shape index (κ1) is 12.0. The molecule has 0 fully saturated rings. The van der Waals surface area contributed by atoms with Crippen LogP contribution in [0.25, 0.3) is 0 Å². The van der Waals surface area contributed by atoms with Gasteiger partial charge in [0.05, 0.1) is 4.47 Å². The van der Waals surface area contributed by atoms with Crippen molar-refractivity contribution in [3.05, 3.63) is 58.1 Å². The molecule has 0 heterocycles. The zero-order chi connectivity index (χ0) is 12.3. The van der Waals surface area contributed by atoms with E-state index in [0.29, 0.717) is 11.1 Å². The Kier molecular flexibility index (Phi) is 3.69. The number of rotatable bonds is 3. The van der Waals surface area contributed by atoms with E-state index in [-0.39, 0.29) is 5.75 Å². The second-order valence-electron chi connectivity index (χ2n) is 3.89. The minimum atomic E-state index is 0.231. The third-order valence-corrected chi connectivity index (χ3v) is 3.11. The molecular weight excluding hydrogens is 280 g/mol. The Morgan fingerprint density at radius 2 is 1.82 bits per heavy atom. The molecule has 0 radical (unpaired) electrons. The maximum Gasteiger partial charge on any atom is 0.130 e. The fourth-order valence-corrected chi connectivity index (χ4v) is 1.70. The molecule has 0 saturated heterocycles. The summed E-state index contributed by atoms with van der Waals surface area (Å²) in [4.78, 5) is 0. The summed E-state index contributed by atoms with van der Waals surface area (Å²) < 4.78 is 6.31. The van der Waals surface area contributed by atoms with Crippen molar-refractivity contribution < 1.29 is 9.84 Å². The quantitative estimate of drug-likeness (QED) is 0.925. The summed E-state index contributed by atoms with van der Waals surface area (Å²) in [5.74, 6) is 1.06. The zero-order valence-corrected chi connectivity index (χ0v) is 11.1. The lowest BCUT2D eigenvalue weighted by Gasteiger charge is -2.07. The molecule has 0 spiro atoms. The summed E-state index contributed by atoms with van der Waals surface area (Å²) >= 11 is 3.24. The minimum Gasteiger partial charge on any atom is -0.507 e. The average Bonchev–Trinajstić information content (AvgIpc) is 2.33. The maximum atomic E-state index is 9.53. The van der Waals surface area contributed by atoms with Crippen LogP contribution < -0.4 is 4.74 Å². The van der Waals surface area contributed by atoms with Crippen LogP contribution in [0.4, 0.5) is 0 Å². The van der Waals surface area contributed by atoms with E-state index >= 15 is 0 Å². The molecule has 88 valence electrons. The molecule has 0 saturated carbocycles. The van der Waals surface area contributed by atoms with Gasteiger partial charge in [0.25, 0.3) is 0 Å². The smallest absolute Gasteiger partial charge is 0.130 e. The SMILES string of the molecule is Cc1ccc(OCc2ccc(Br)c(O)c2)cc1. The third-order valence-electron chi connectivity index (χ3n) is 2.44. The van der Waals surface area contributed by atoms with Crippen LogP contribution in [0.15, 0.2) is 46.9 Å². The minimum absolute atomic E-state index is 0.231. The van der Waals surface area contributed by atoms with Gasteiger partial charge in [-0.05, 0) is 52.7 Å². The average molecular weight is 293 g/mol. The van der Waals surface area contributed by atoms with Gasteiger partial charge >= 0.3 is 0 Å². The first-order valence-corrected chi connectivity index (χ1v) is 6.11. The summed E-state index contributed by atoms with van der Waals surface area (Å²) in [7, 11) is 0. The molecule has 0 amide bonds. The molecule has 2 aromatic rings. The predicted octanol–water partition coefficient (Wildman–Crippen LogP) is 4.04. The molecule has 0 atom stereocenters. The molecule has 2 nitrogen and oxygen atoms in total. The highest BCUT2D eigenvalue weighted by Crippen LogP contribution is 2.25. The monoisotopic (exact) mass is 292 g/mol. The Bertz CT molecular complexity index is 506. The van der Waals surface area contributed by atoms with Gasteiger partial charge in [-0.15, -0.1) is 0 Å². The van der Waals surface area contributed by atoms with Crippen LogP contribution in [0.2, 0.25) is 0 Å². The lowest BCUT2D eigenvalue weighted by Crippen LogP contribution is -1.95. The van der Waals surface area contributed by atoms with E-state index in [1.807, 2.05) is 43.3 Å². The molecule has 0 aliphatic carbocycles. The molecule has 0 aromatic heterocycles. The molecule has 0 bridgehead atoms. The Balaban J connectivity index is 2.02. The summed E-state index contributed by atoms with van der Waals surface area (Å²) in [6.45, 7) is 2.49. The molecule has 3 heteroatoms. The van der Waals surface area contributed by atoms with Gasteiger partial charge in [-0.3, -0.25) is 0 Å². The fraction of sp³-hybridized carbons (Fsp3) is 0.143. The van der Waals surface area contributed by atoms with Gasteiger partial charge in [0.1, 0.15) is 18.1 Å². The van der Waals surface area contributed by atoms with E-state index in [0.717, 1.165) is 11.3 Å². The van der Waals surface area contributed by atoms with Crippen molar-refractivity contribution in [2.45, 2.75) is 13.5 Å². The van der Waals surface area contributed by atoms with Crippen LogP contribution in [0.3, 0.4) is 0 Å². The second-order valence-corrected chi connectivity index (χ2v) is 4.74. The fourth-order valence-electron chi connectivity index (χ4n) is 1.45. The summed E-state index contributed by atoms with van der Waals surface area (Å²) in [6, 6.07) is 13.3. The molecule has 2 aromatic carbocycles. The van der Waals surface area contributed by atoms with Gasteiger partial charge in [-0.25, -0.2) is 0 Å². The third kappa shape index (κ3) is 3.24. The first-order chi connectivity index (χ1) is 8.15. The zero-order valence-electron chi connectivity index (χ0n) is 9.48. The van der Waals surface area contributed by atoms with E-state index in [4.69, 9.17) is 4.74 Å². The number of benzene rings is 2. The van der Waals surface area contributed by atoms with E-state index in [9.17, 15) is 5.11 Å². The normalized spacial score (nSPS) is 10.2. The predicted molar refractivity (Wildman–Crippen MR) is 71.3 cm³/mol.